The SMILES string of the molecule is COCCN(C)c1ccc(N/C=C2/C(=O)Nc3cccc(C)c32)cc1F. The molecular formula is C20H22FN3O2. The number of likely N-dealkylation sites (N-methyl/N-ethyl adjacent to an activating group) is 1. The summed E-state index contributed by atoms with van der Waals surface area (Å²) >= 11 is 0. The Bertz CT molecular complexity index is 864. The van der Waals surface area contributed by atoms with Gasteiger partial charge >= 0.3 is 0 Å². The van der Waals surface area contributed by atoms with Gasteiger partial charge in [-0.1, -0.05) is 12.1 Å². The van der Waals surface area contributed by atoms with Crippen LogP contribution in [0.4, 0.5) is 21.5 Å². The van der Waals surface area contributed by atoms with Gasteiger partial charge in [0.2, 0.25) is 0 Å². The van der Waals surface area contributed by atoms with Crippen LogP contribution in [0.3, 0.4) is 0 Å². The van der Waals surface area contributed by atoms with E-state index >= 15 is 0 Å². The number of hydrogen-bond acceptors (Lipinski definition) is 4. The molecule has 2 aromatic carbocycles. The molecule has 1 aliphatic heterocycles. The molecule has 0 radical (unpaired) electrons. The van der Waals surface area contributed by atoms with Gasteiger partial charge in [0.05, 0.1) is 17.9 Å². The summed E-state index contributed by atoms with van der Waals surface area (Å²) in [4.78, 5) is 14.0. The summed E-state index contributed by atoms with van der Waals surface area (Å²) in [7, 11) is 3.43. The maximum absolute atomic E-state index is 14.4. The second-order valence-corrected chi connectivity index (χ2v) is 6.23. The van der Waals surface area contributed by atoms with Crippen LogP contribution < -0.4 is 15.5 Å². The number of ether oxygens (including phenoxy) is 1. The molecule has 136 valence electrons. The van der Waals surface area contributed by atoms with Crippen molar-refractivity contribution < 1.29 is 13.9 Å². The van der Waals surface area contributed by atoms with Gasteiger partial charge in [-0.25, -0.2) is 4.39 Å². The van der Waals surface area contributed by atoms with Gasteiger partial charge < -0.3 is 20.3 Å². The molecule has 2 aromatic rings. The van der Waals surface area contributed by atoms with Gasteiger partial charge in [-0.05, 0) is 36.8 Å². The van der Waals surface area contributed by atoms with E-state index in [0.29, 0.717) is 30.1 Å². The minimum absolute atomic E-state index is 0.168. The fraction of sp³-hybridized carbons (Fsp3) is 0.250. The average molecular weight is 355 g/mol. The van der Waals surface area contributed by atoms with Crippen LogP contribution >= 0.6 is 0 Å². The molecule has 0 fully saturated rings. The Morgan fingerprint density at radius 1 is 1.31 bits per heavy atom. The summed E-state index contributed by atoms with van der Waals surface area (Å²) < 4.78 is 19.4. The first-order valence-corrected chi connectivity index (χ1v) is 8.39. The molecule has 3 rings (SSSR count). The van der Waals surface area contributed by atoms with Crippen LogP contribution in [0, 0.1) is 12.7 Å². The molecule has 0 aliphatic carbocycles. The van der Waals surface area contributed by atoms with Crippen molar-refractivity contribution in [3.63, 3.8) is 0 Å². The Morgan fingerprint density at radius 3 is 2.85 bits per heavy atom. The van der Waals surface area contributed by atoms with Gasteiger partial charge in [0.15, 0.2) is 0 Å². The molecule has 5 nitrogen and oxygen atoms in total. The Hall–Kier alpha value is -2.86. The summed E-state index contributed by atoms with van der Waals surface area (Å²) in [5, 5.41) is 5.87. The van der Waals surface area contributed by atoms with Crippen molar-refractivity contribution in [2.24, 2.45) is 0 Å². The van der Waals surface area contributed by atoms with Crippen LogP contribution in [0.1, 0.15) is 11.1 Å². The van der Waals surface area contributed by atoms with Crippen molar-refractivity contribution in [2.75, 3.05) is 42.8 Å². The lowest BCUT2D eigenvalue weighted by Crippen LogP contribution is -2.23. The molecule has 2 N–H and O–H groups in total. The van der Waals surface area contributed by atoms with E-state index in [1.165, 1.54) is 6.07 Å². The maximum atomic E-state index is 14.4. The van der Waals surface area contributed by atoms with E-state index in [-0.39, 0.29) is 11.7 Å². The van der Waals surface area contributed by atoms with Crippen LogP contribution in [-0.4, -0.2) is 33.2 Å². The number of carbonyl (C=O) groups excluding carboxylic acids is 1. The lowest BCUT2D eigenvalue weighted by atomic mass is 10.0. The molecule has 1 amide bonds. The summed E-state index contributed by atoms with van der Waals surface area (Å²) in [6.07, 6.45) is 1.62. The van der Waals surface area contributed by atoms with Crippen LogP contribution in [-0.2, 0) is 9.53 Å². The molecule has 0 saturated heterocycles. The minimum Gasteiger partial charge on any atom is -0.383 e. The minimum atomic E-state index is -0.334. The van der Waals surface area contributed by atoms with Gasteiger partial charge in [-0.15, -0.1) is 0 Å². The van der Waals surface area contributed by atoms with Crippen LogP contribution in [0.5, 0.6) is 0 Å². The van der Waals surface area contributed by atoms with E-state index in [9.17, 15) is 9.18 Å². The number of nitrogens with zero attached hydrogens (tertiary/aromatic N) is 1. The van der Waals surface area contributed by atoms with Gasteiger partial charge in [0.25, 0.3) is 5.91 Å². The number of halogens is 1. The zero-order valence-corrected chi connectivity index (χ0v) is 15.1. The molecule has 0 unspecified atom stereocenters. The molecule has 0 aromatic heterocycles. The first-order chi connectivity index (χ1) is 12.5. The van der Waals surface area contributed by atoms with Crippen LogP contribution in [0.2, 0.25) is 0 Å². The fourth-order valence-corrected chi connectivity index (χ4v) is 2.98. The largest absolute Gasteiger partial charge is 0.383 e. The number of aryl methyl sites for hydroxylation is 1. The molecule has 0 spiro atoms. The molecule has 1 aliphatic rings. The standard InChI is InChI=1S/C20H22FN3O2/c1-13-5-4-6-17-19(13)15(20(25)23-17)12-22-14-7-8-18(16(21)11-14)24(2)9-10-26-3/h4-8,11-12,22H,9-10H2,1-3H3,(H,23,25)/b15-12+. The van der Waals surface area contributed by atoms with Gasteiger partial charge in [0, 0.05) is 43.8 Å². The molecule has 6 heteroatoms. The van der Waals surface area contributed by atoms with Crippen molar-refractivity contribution in [2.45, 2.75) is 6.92 Å². The fourth-order valence-electron chi connectivity index (χ4n) is 2.98. The number of nitrogens with one attached hydrogen (secondary N) is 2. The third kappa shape index (κ3) is 3.55. The third-order valence-electron chi connectivity index (χ3n) is 4.41. The highest BCUT2D eigenvalue weighted by Gasteiger charge is 2.25. The number of fused-ring (bicyclic) bond motifs is 1. The smallest absolute Gasteiger partial charge is 0.257 e. The first kappa shape index (κ1) is 17.9. The van der Waals surface area contributed by atoms with Crippen LogP contribution in [0.15, 0.2) is 42.6 Å². The van der Waals surface area contributed by atoms with Gasteiger partial charge in [0.1, 0.15) is 5.82 Å². The summed E-state index contributed by atoms with van der Waals surface area (Å²) in [5.41, 5.74) is 4.30. The van der Waals surface area contributed by atoms with E-state index in [4.69, 9.17) is 4.74 Å². The lowest BCUT2D eigenvalue weighted by molar-refractivity contribution is -0.110. The van der Waals surface area contributed by atoms with Crippen molar-refractivity contribution in [3.8, 4) is 0 Å². The number of methoxy groups -OCH3 is 1. The highest BCUT2D eigenvalue weighted by Crippen LogP contribution is 2.34. The van der Waals surface area contributed by atoms with Crippen molar-refractivity contribution >= 4 is 28.5 Å². The third-order valence-corrected chi connectivity index (χ3v) is 4.41. The van der Waals surface area contributed by atoms with Crippen molar-refractivity contribution in [1.29, 1.82) is 0 Å². The first-order valence-electron chi connectivity index (χ1n) is 8.39. The number of rotatable bonds is 6. The topological polar surface area (TPSA) is 53.6 Å². The van der Waals surface area contributed by atoms with Gasteiger partial charge in [-0.2, -0.15) is 0 Å². The molecule has 1 heterocycles. The highest BCUT2D eigenvalue weighted by molar-refractivity contribution is 6.32. The Labute approximate surface area is 152 Å². The van der Waals surface area contributed by atoms with E-state index in [0.717, 1.165) is 16.8 Å². The summed E-state index contributed by atoms with van der Waals surface area (Å²) in [6.45, 7) is 3.08. The number of amides is 1. The average Bonchev–Trinajstić information content (AvgIpc) is 2.94. The zero-order chi connectivity index (χ0) is 18.7. The zero-order valence-electron chi connectivity index (χ0n) is 15.1. The van der Waals surface area contributed by atoms with Crippen LogP contribution in [0.25, 0.3) is 5.57 Å². The van der Waals surface area contributed by atoms with E-state index in [1.54, 1.807) is 30.3 Å². The quantitative estimate of drug-likeness (QED) is 0.777. The summed E-state index contributed by atoms with van der Waals surface area (Å²) in [6, 6.07) is 10.6. The second kappa shape index (κ2) is 7.58. The van der Waals surface area contributed by atoms with Crippen molar-refractivity contribution in [1.82, 2.24) is 0 Å². The molecule has 26 heavy (non-hydrogen) atoms. The number of hydrogen-bond donors (Lipinski definition) is 2. The highest BCUT2D eigenvalue weighted by atomic mass is 19.1. The Kier molecular flexibility index (Phi) is 5.23. The lowest BCUT2D eigenvalue weighted by Gasteiger charge is -2.19. The predicted octanol–water partition coefficient (Wildman–Crippen LogP) is 3.62. The number of carbonyl (C=O) groups is 1. The Balaban J connectivity index is 1.80. The maximum Gasteiger partial charge on any atom is 0.257 e. The molecule has 0 atom stereocenters. The van der Waals surface area contributed by atoms with E-state index in [1.807, 2.05) is 32.2 Å². The van der Waals surface area contributed by atoms with E-state index < -0.39 is 0 Å². The normalized spacial score (nSPS) is 14.3. The van der Waals surface area contributed by atoms with Crippen molar-refractivity contribution in [3.05, 3.63) is 59.5 Å². The monoisotopic (exact) mass is 355 g/mol. The number of benzene rings is 2. The number of anilines is 3. The predicted molar refractivity (Wildman–Crippen MR) is 103 cm³/mol. The molecule has 0 bridgehead atoms. The van der Waals surface area contributed by atoms with Gasteiger partial charge in [-0.3, -0.25) is 4.79 Å². The molecule has 0 saturated carbocycles. The van der Waals surface area contributed by atoms with E-state index in [2.05, 4.69) is 10.6 Å². The Morgan fingerprint density at radius 2 is 2.12 bits per heavy atom. The molecular weight excluding hydrogens is 333 g/mol. The summed E-state index contributed by atoms with van der Waals surface area (Å²) in [5.74, 6) is -0.502. The second-order valence-electron chi connectivity index (χ2n) is 6.23.